The lowest BCUT2D eigenvalue weighted by molar-refractivity contribution is 0.0946. The largest absolute Gasteiger partial charge is 0.481 e. The fourth-order valence-corrected chi connectivity index (χ4v) is 3.79. The summed E-state index contributed by atoms with van der Waals surface area (Å²) in [5.74, 6) is 1.99. The van der Waals surface area contributed by atoms with E-state index in [-0.39, 0.29) is 11.6 Å². The Morgan fingerprint density at radius 2 is 1.85 bits per heavy atom. The molecule has 12 nitrogen and oxygen atoms in total. The molecule has 0 atom stereocenters. The van der Waals surface area contributed by atoms with Crippen molar-refractivity contribution in [2.75, 3.05) is 19.5 Å². The van der Waals surface area contributed by atoms with Gasteiger partial charge in [-0.05, 0) is 36.8 Å². The van der Waals surface area contributed by atoms with Crippen LogP contribution in [0.1, 0.15) is 27.4 Å². The van der Waals surface area contributed by atoms with Crippen LogP contribution in [0.2, 0.25) is 0 Å². The van der Waals surface area contributed by atoms with Crippen LogP contribution in [0.4, 0.5) is 11.6 Å². The van der Waals surface area contributed by atoms with E-state index in [4.69, 9.17) is 4.74 Å². The molecule has 0 unspecified atom stereocenters. The molecule has 3 N–H and O–H groups in total. The van der Waals surface area contributed by atoms with Gasteiger partial charge in [-0.25, -0.2) is 15.0 Å². The molecule has 0 spiro atoms. The highest BCUT2D eigenvalue weighted by Crippen LogP contribution is 2.21. The van der Waals surface area contributed by atoms with Crippen molar-refractivity contribution in [3.8, 4) is 28.5 Å². The molecule has 5 heterocycles. The zero-order valence-electron chi connectivity index (χ0n) is 22.1. The summed E-state index contributed by atoms with van der Waals surface area (Å²) in [5.41, 5.74) is 4.94. The van der Waals surface area contributed by atoms with Crippen LogP contribution in [0, 0.1) is 6.92 Å². The van der Waals surface area contributed by atoms with Gasteiger partial charge in [0.2, 0.25) is 5.88 Å². The molecule has 0 fully saturated rings. The highest BCUT2D eigenvalue weighted by atomic mass is 16.5. The molecular weight excluding hydrogens is 508 g/mol. The molecule has 12 heteroatoms. The standard InChI is InChI=1S/C28H26N10O2/c1-17-10-24(35-25-11-21(16-29-2)37-38-25)36-27(34-17)20-5-8-23(31-15-20)28(39)33-13-18-4-7-22(30-12-18)19-6-9-26(40-3)32-14-19/h4-12,14-16H,13H2,1-3H3,(H,33,39)(H2,34,35,36,37,38)/b29-16-. The van der Waals surface area contributed by atoms with E-state index in [0.717, 1.165) is 22.5 Å². The summed E-state index contributed by atoms with van der Waals surface area (Å²) in [4.78, 5) is 38.7. The Kier molecular flexibility index (Phi) is 7.77. The maximum Gasteiger partial charge on any atom is 0.270 e. The summed E-state index contributed by atoms with van der Waals surface area (Å²) in [6.07, 6.45) is 6.66. The molecule has 5 aromatic heterocycles. The molecule has 5 aromatic rings. The van der Waals surface area contributed by atoms with E-state index < -0.39 is 0 Å². The molecule has 0 saturated heterocycles. The predicted molar refractivity (Wildman–Crippen MR) is 151 cm³/mol. The fourth-order valence-electron chi connectivity index (χ4n) is 3.79. The minimum absolute atomic E-state index is 0.284. The monoisotopic (exact) mass is 534 g/mol. The average Bonchev–Trinajstić information content (AvgIpc) is 3.42. The Morgan fingerprint density at radius 1 is 1.00 bits per heavy atom. The summed E-state index contributed by atoms with van der Waals surface area (Å²) in [6.45, 7) is 2.19. The van der Waals surface area contributed by atoms with Gasteiger partial charge in [-0.15, -0.1) is 0 Å². The number of methoxy groups -OCH3 is 1. The van der Waals surface area contributed by atoms with E-state index in [1.807, 2.05) is 37.3 Å². The quantitative estimate of drug-likeness (QED) is 0.240. The van der Waals surface area contributed by atoms with E-state index in [2.05, 4.69) is 50.7 Å². The number of H-pyrrole nitrogens is 1. The minimum Gasteiger partial charge on any atom is -0.481 e. The number of nitrogens with one attached hydrogen (secondary N) is 3. The number of aromatic nitrogens is 7. The van der Waals surface area contributed by atoms with Crippen molar-refractivity contribution in [2.45, 2.75) is 13.5 Å². The van der Waals surface area contributed by atoms with Crippen LogP contribution in [-0.4, -0.2) is 61.4 Å². The number of amides is 1. The summed E-state index contributed by atoms with van der Waals surface area (Å²) < 4.78 is 5.09. The molecule has 1 amide bonds. The van der Waals surface area contributed by atoms with Crippen LogP contribution >= 0.6 is 0 Å². The summed E-state index contributed by atoms with van der Waals surface area (Å²) >= 11 is 0. The molecule has 0 radical (unpaired) electrons. The van der Waals surface area contributed by atoms with Crippen LogP contribution < -0.4 is 15.4 Å². The van der Waals surface area contributed by atoms with Gasteiger partial charge in [-0.1, -0.05) is 6.07 Å². The van der Waals surface area contributed by atoms with Gasteiger partial charge in [0.15, 0.2) is 5.82 Å². The summed E-state index contributed by atoms with van der Waals surface area (Å²) in [5, 5.41) is 13.1. The first-order valence-corrected chi connectivity index (χ1v) is 12.3. The number of aliphatic imine (C=N–C) groups is 1. The second-order valence-electron chi connectivity index (χ2n) is 8.69. The maximum atomic E-state index is 12.7. The molecule has 0 saturated carbocycles. The number of pyridine rings is 3. The van der Waals surface area contributed by atoms with Crippen LogP contribution in [-0.2, 0) is 6.54 Å². The molecule has 0 aromatic carbocycles. The SMILES string of the molecule is C/N=C\c1cc(Nc2cc(C)nc(-c3ccc(C(=O)NCc4ccc(-c5ccc(OC)nc5)nc4)nc3)n2)[nH]n1. The lowest BCUT2D eigenvalue weighted by atomic mass is 10.1. The second kappa shape index (κ2) is 11.9. The highest BCUT2D eigenvalue weighted by molar-refractivity contribution is 5.92. The van der Waals surface area contributed by atoms with E-state index >= 15 is 0 Å². The predicted octanol–water partition coefficient (Wildman–Crippen LogP) is 3.76. The average molecular weight is 535 g/mol. The first kappa shape index (κ1) is 26.1. The zero-order valence-corrected chi connectivity index (χ0v) is 22.1. The molecule has 5 rings (SSSR count). The Hall–Kier alpha value is -5.52. The van der Waals surface area contributed by atoms with Gasteiger partial charge in [-0.3, -0.25) is 24.9 Å². The van der Waals surface area contributed by atoms with Gasteiger partial charge >= 0.3 is 0 Å². The topological polar surface area (TPSA) is 156 Å². The van der Waals surface area contributed by atoms with Gasteiger partial charge in [-0.2, -0.15) is 5.10 Å². The third-order valence-corrected chi connectivity index (χ3v) is 5.75. The maximum absolute atomic E-state index is 12.7. The van der Waals surface area contributed by atoms with E-state index in [1.165, 1.54) is 0 Å². The number of hydrogen-bond acceptors (Lipinski definition) is 10. The highest BCUT2D eigenvalue weighted by Gasteiger charge is 2.11. The van der Waals surface area contributed by atoms with E-state index in [9.17, 15) is 4.79 Å². The Balaban J connectivity index is 1.21. The number of carbonyl (C=O) groups is 1. The smallest absolute Gasteiger partial charge is 0.270 e. The molecule has 0 aliphatic heterocycles. The van der Waals surface area contributed by atoms with E-state index in [1.54, 1.807) is 57.2 Å². The first-order chi connectivity index (χ1) is 19.5. The summed E-state index contributed by atoms with van der Waals surface area (Å²) in [7, 11) is 3.26. The lowest BCUT2D eigenvalue weighted by Crippen LogP contribution is -2.23. The number of nitrogens with zero attached hydrogens (tertiary/aromatic N) is 7. The van der Waals surface area contributed by atoms with E-state index in [0.29, 0.717) is 41.1 Å². The third-order valence-electron chi connectivity index (χ3n) is 5.75. The minimum atomic E-state index is -0.298. The molecule has 0 aliphatic rings. The number of ether oxygens (including phenoxy) is 1. The Labute approximate surface area is 230 Å². The van der Waals surface area contributed by atoms with Crippen molar-refractivity contribution in [2.24, 2.45) is 4.99 Å². The zero-order chi connectivity index (χ0) is 27.9. The molecule has 200 valence electrons. The van der Waals surface area contributed by atoms with Crippen molar-refractivity contribution in [1.29, 1.82) is 0 Å². The van der Waals surface area contributed by atoms with Crippen molar-refractivity contribution >= 4 is 23.8 Å². The molecule has 0 bridgehead atoms. The van der Waals surface area contributed by atoms with Gasteiger partial charge < -0.3 is 15.4 Å². The fraction of sp³-hybridized carbons (Fsp3) is 0.143. The normalized spacial score (nSPS) is 11.0. The first-order valence-electron chi connectivity index (χ1n) is 12.3. The number of aryl methyl sites for hydroxylation is 1. The van der Waals surface area contributed by atoms with Gasteiger partial charge in [0.1, 0.15) is 23.0 Å². The Bertz CT molecular complexity index is 1630. The lowest BCUT2D eigenvalue weighted by Gasteiger charge is -2.08. The molecule has 0 aliphatic carbocycles. The van der Waals surface area contributed by atoms with Gasteiger partial charge in [0, 0.05) is 73.4 Å². The third kappa shape index (κ3) is 6.30. The van der Waals surface area contributed by atoms with Gasteiger partial charge in [0.25, 0.3) is 5.91 Å². The van der Waals surface area contributed by atoms with Crippen molar-refractivity contribution in [1.82, 2.24) is 40.4 Å². The van der Waals surface area contributed by atoms with Crippen molar-refractivity contribution in [3.63, 3.8) is 0 Å². The summed E-state index contributed by atoms with van der Waals surface area (Å²) in [6, 6.07) is 14.5. The van der Waals surface area contributed by atoms with Crippen molar-refractivity contribution < 1.29 is 9.53 Å². The van der Waals surface area contributed by atoms with Crippen LogP contribution in [0.3, 0.4) is 0 Å². The second-order valence-corrected chi connectivity index (χ2v) is 8.69. The van der Waals surface area contributed by atoms with Crippen LogP contribution in [0.25, 0.3) is 22.6 Å². The van der Waals surface area contributed by atoms with Crippen molar-refractivity contribution in [3.05, 3.63) is 89.8 Å². The number of anilines is 2. The van der Waals surface area contributed by atoms with Crippen LogP contribution in [0.5, 0.6) is 5.88 Å². The number of hydrogen-bond donors (Lipinski definition) is 3. The Morgan fingerprint density at radius 3 is 2.55 bits per heavy atom. The van der Waals surface area contributed by atoms with Crippen LogP contribution in [0.15, 0.2) is 72.1 Å². The number of carbonyl (C=O) groups excluding carboxylic acids is 1. The number of rotatable bonds is 9. The molecular formula is C28H26N10O2. The number of aromatic amines is 1. The molecule has 40 heavy (non-hydrogen) atoms. The van der Waals surface area contributed by atoms with Gasteiger partial charge in [0.05, 0.1) is 12.8 Å².